The SMILES string of the molecule is NC1C=c2cnccc2=CN1. The third-order valence-corrected chi connectivity index (χ3v) is 1.68. The van der Waals surface area contributed by atoms with E-state index in [9.17, 15) is 0 Å². The van der Waals surface area contributed by atoms with Gasteiger partial charge in [-0.05, 0) is 12.1 Å². The zero-order valence-corrected chi connectivity index (χ0v) is 5.99. The van der Waals surface area contributed by atoms with Crippen LogP contribution in [0, 0.1) is 0 Å². The Balaban J connectivity index is 2.73. The molecule has 1 aliphatic rings. The molecule has 2 rings (SSSR count). The van der Waals surface area contributed by atoms with Crippen molar-refractivity contribution in [3.05, 3.63) is 28.9 Å². The van der Waals surface area contributed by atoms with Gasteiger partial charge in [-0.2, -0.15) is 0 Å². The van der Waals surface area contributed by atoms with Crippen LogP contribution in [0.2, 0.25) is 0 Å². The molecule has 56 valence electrons. The van der Waals surface area contributed by atoms with E-state index in [4.69, 9.17) is 5.73 Å². The first-order chi connectivity index (χ1) is 5.36. The van der Waals surface area contributed by atoms with E-state index < -0.39 is 0 Å². The third kappa shape index (κ3) is 1.10. The molecule has 3 heteroatoms. The Morgan fingerprint density at radius 1 is 1.45 bits per heavy atom. The summed E-state index contributed by atoms with van der Waals surface area (Å²) in [6.45, 7) is 0. The van der Waals surface area contributed by atoms with Gasteiger partial charge < -0.3 is 11.1 Å². The lowest BCUT2D eigenvalue weighted by atomic mass is 10.2. The number of fused-ring (bicyclic) bond motifs is 1. The quantitative estimate of drug-likeness (QED) is 0.469. The average molecular weight is 147 g/mol. The second-order valence-electron chi connectivity index (χ2n) is 2.51. The molecule has 0 radical (unpaired) electrons. The number of hydrogen-bond acceptors (Lipinski definition) is 3. The summed E-state index contributed by atoms with van der Waals surface area (Å²) < 4.78 is 0. The third-order valence-electron chi connectivity index (χ3n) is 1.68. The fourth-order valence-corrected chi connectivity index (χ4v) is 1.12. The van der Waals surface area contributed by atoms with Crippen LogP contribution in [0.4, 0.5) is 0 Å². The van der Waals surface area contributed by atoms with Crippen LogP contribution < -0.4 is 21.5 Å². The lowest BCUT2D eigenvalue weighted by Crippen LogP contribution is -2.42. The zero-order chi connectivity index (χ0) is 7.68. The van der Waals surface area contributed by atoms with Gasteiger partial charge in [0.2, 0.25) is 0 Å². The van der Waals surface area contributed by atoms with Gasteiger partial charge in [0.25, 0.3) is 0 Å². The van der Waals surface area contributed by atoms with Crippen molar-refractivity contribution in [1.82, 2.24) is 10.3 Å². The van der Waals surface area contributed by atoms with Crippen molar-refractivity contribution >= 4 is 12.3 Å². The topological polar surface area (TPSA) is 50.9 Å². The maximum Gasteiger partial charge on any atom is 0.0940 e. The van der Waals surface area contributed by atoms with Crippen LogP contribution in [0.3, 0.4) is 0 Å². The Kier molecular flexibility index (Phi) is 1.36. The van der Waals surface area contributed by atoms with E-state index in [0.717, 1.165) is 10.4 Å². The maximum absolute atomic E-state index is 5.62. The van der Waals surface area contributed by atoms with Gasteiger partial charge in [-0.25, -0.2) is 0 Å². The largest absolute Gasteiger partial charge is 0.372 e. The van der Waals surface area contributed by atoms with Gasteiger partial charge >= 0.3 is 0 Å². The summed E-state index contributed by atoms with van der Waals surface area (Å²) in [5, 5.41) is 5.24. The first kappa shape index (κ1) is 6.37. The van der Waals surface area contributed by atoms with Crippen molar-refractivity contribution in [2.75, 3.05) is 0 Å². The normalized spacial score (nSPS) is 20.6. The minimum Gasteiger partial charge on any atom is -0.372 e. The number of pyridine rings is 1. The van der Waals surface area contributed by atoms with Crippen molar-refractivity contribution in [3.63, 3.8) is 0 Å². The maximum atomic E-state index is 5.62. The summed E-state index contributed by atoms with van der Waals surface area (Å²) in [5.74, 6) is 0. The lowest BCUT2D eigenvalue weighted by Gasteiger charge is -2.09. The van der Waals surface area contributed by atoms with Gasteiger partial charge in [-0.1, -0.05) is 0 Å². The van der Waals surface area contributed by atoms with E-state index in [1.54, 1.807) is 6.20 Å². The molecular formula is C8H9N3. The molecule has 0 saturated carbocycles. The predicted octanol–water partition coefficient (Wildman–Crippen LogP) is -1.51. The van der Waals surface area contributed by atoms with E-state index in [-0.39, 0.29) is 6.17 Å². The highest BCUT2D eigenvalue weighted by atomic mass is 15.0. The van der Waals surface area contributed by atoms with Crippen molar-refractivity contribution in [1.29, 1.82) is 0 Å². The lowest BCUT2D eigenvalue weighted by molar-refractivity contribution is 0.789. The molecule has 2 heterocycles. The van der Waals surface area contributed by atoms with Crippen LogP contribution in [-0.4, -0.2) is 11.1 Å². The Morgan fingerprint density at radius 3 is 3.27 bits per heavy atom. The summed E-state index contributed by atoms with van der Waals surface area (Å²) in [4.78, 5) is 4.00. The molecule has 0 bridgehead atoms. The number of rotatable bonds is 0. The van der Waals surface area contributed by atoms with Crippen LogP contribution in [0.25, 0.3) is 12.3 Å². The molecule has 3 N–H and O–H groups in total. The molecule has 1 aromatic heterocycles. The first-order valence-corrected chi connectivity index (χ1v) is 3.50. The van der Waals surface area contributed by atoms with E-state index in [2.05, 4.69) is 10.3 Å². The molecule has 0 amide bonds. The smallest absolute Gasteiger partial charge is 0.0940 e. The number of nitrogens with two attached hydrogens (primary N) is 1. The molecule has 1 aliphatic heterocycles. The summed E-state index contributed by atoms with van der Waals surface area (Å²) in [7, 11) is 0. The van der Waals surface area contributed by atoms with E-state index in [1.807, 2.05) is 24.5 Å². The molecule has 0 spiro atoms. The number of nitrogens with zero attached hydrogens (tertiary/aromatic N) is 1. The summed E-state index contributed by atoms with van der Waals surface area (Å²) in [6, 6.07) is 1.95. The average Bonchev–Trinajstić information content (AvgIpc) is 2.04. The van der Waals surface area contributed by atoms with Crippen LogP contribution >= 0.6 is 0 Å². The Hall–Kier alpha value is -1.35. The summed E-state index contributed by atoms with van der Waals surface area (Å²) in [6.07, 6.45) is 7.35. The zero-order valence-electron chi connectivity index (χ0n) is 5.99. The molecule has 0 fully saturated rings. The van der Waals surface area contributed by atoms with Gasteiger partial charge in [-0.15, -0.1) is 0 Å². The molecule has 1 unspecified atom stereocenters. The molecule has 1 atom stereocenters. The van der Waals surface area contributed by atoms with Crippen LogP contribution in [-0.2, 0) is 0 Å². The highest BCUT2D eigenvalue weighted by Crippen LogP contribution is 1.77. The Labute approximate surface area is 64.3 Å². The number of nitrogens with one attached hydrogen (secondary N) is 1. The monoisotopic (exact) mass is 147 g/mol. The Morgan fingerprint density at radius 2 is 2.36 bits per heavy atom. The standard InChI is InChI=1S/C8H9N3/c9-8-3-7-4-10-2-1-6(7)5-11-8/h1-5,8,11H,9H2. The number of aromatic nitrogens is 1. The fourth-order valence-electron chi connectivity index (χ4n) is 1.12. The Bertz CT molecular complexity index is 369. The van der Waals surface area contributed by atoms with Crippen LogP contribution in [0.5, 0.6) is 0 Å². The molecule has 0 aromatic carbocycles. The molecule has 0 aliphatic carbocycles. The summed E-state index contributed by atoms with van der Waals surface area (Å²) >= 11 is 0. The van der Waals surface area contributed by atoms with Crippen molar-refractivity contribution in [2.24, 2.45) is 5.73 Å². The molecular weight excluding hydrogens is 138 g/mol. The van der Waals surface area contributed by atoms with Gasteiger partial charge in [0.1, 0.15) is 0 Å². The van der Waals surface area contributed by atoms with Crippen molar-refractivity contribution < 1.29 is 0 Å². The van der Waals surface area contributed by atoms with E-state index >= 15 is 0 Å². The second kappa shape index (κ2) is 2.36. The first-order valence-electron chi connectivity index (χ1n) is 3.50. The van der Waals surface area contributed by atoms with Crippen molar-refractivity contribution in [2.45, 2.75) is 6.17 Å². The molecule has 11 heavy (non-hydrogen) atoms. The minimum absolute atomic E-state index is 0.0771. The second-order valence-corrected chi connectivity index (χ2v) is 2.51. The van der Waals surface area contributed by atoms with Crippen molar-refractivity contribution in [3.8, 4) is 0 Å². The van der Waals surface area contributed by atoms with Gasteiger partial charge in [-0.3, -0.25) is 4.98 Å². The molecule has 1 aromatic rings. The number of hydrogen-bond donors (Lipinski definition) is 2. The van der Waals surface area contributed by atoms with Crippen LogP contribution in [0.1, 0.15) is 0 Å². The predicted molar refractivity (Wildman–Crippen MR) is 43.5 cm³/mol. The van der Waals surface area contributed by atoms with Gasteiger partial charge in [0, 0.05) is 29.0 Å². The highest BCUT2D eigenvalue weighted by molar-refractivity contribution is 5.39. The van der Waals surface area contributed by atoms with Gasteiger partial charge in [0.15, 0.2) is 0 Å². The van der Waals surface area contributed by atoms with Gasteiger partial charge in [0.05, 0.1) is 6.17 Å². The van der Waals surface area contributed by atoms with Crippen LogP contribution in [0.15, 0.2) is 18.5 Å². The van der Waals surface area contributed by atoms with E-state index in [0.29, 0.717) is 0 Å². The molecule has 0 saturated heterocycles. The fraction of sp³-hybridized carbons (Fsp3) is 0.125. The highest BCUT2D eigenvalue weighted by Gasteiger charge is 1.97. The minimum atomic E-state index is -0.0771. The summed E-state index contributed by atoms with van der Waals surface area (Å²) in [5.41, 5.74) is 5.62. The molecule has 3 nitrogen and oxygen atoms in total. The van der Waals surface area contributed by atoms with E-state index in [1.165, 1.54) is 0 Å².